The van der Waals surface area contributed by atoms with Gasteiger partial charge in [0.1, 0.15) is 0 Å². The summed E-state index contributed by atoms with van der Waals surface area (Å²) in [5, 5.41) is 7.57. The predicted molar refractivity (Wildman–Crippen MR) is 101 cm³/mol. The Bertz CT molecular complexity index is 1030. The van der Waals surface area contributed by atoms with E-state index in [9.17, 15) is 14.4 Å². The van der Waals surface area contributed by atoms with Crippen molar-refractivity contribution in [1.82, 2.24) is 15.1 Å². The van der Waals surface area contributed by atoms with E-state index in [4.69, 9.17) is 4.74 Å². The largest absolute Gasteiger partial charge is 0.451 e. The average Bonchev–Trinajstić information content (AvgIpc) is 2.71. The molecular weight excluding hydrogens is 346 g/mol. The quantitative estimate of drug-likeness (QED) is 0.676. The standard InChI is InChI=1S/C20H19N3O4/c1-2-12-21-17(24)13-27-20(26)18-15-10-6-7-11-16(15)19(25)23(22-18)14-8-4-3-5-9-14/h3-11H,2,12-13H2,1H3,(H,21,24). The van der Waals surface area contributed by atoms with Crippen molar-refractivity contribution in [2.75, 3.05) is 13.2 Å². The molecule has 0 fully saturated rings. The fourth-order valence-corrected chi connectivity index (χ4v) is 2.60. The molecule has 138 valence electrons. The van der Waals surface area contributed by atoms with Gasteiger partial charge in [-0.15, -0.1) is 0 Å². The minimum atomic E-state index is -0.762. The monoisotopic (exact) mass is 365 g/mol. The molecule has 0 saturated carbocycles. The van der Waals surface area contributed by atoms with Crippen LogP contribution in [0.15, 0.2) is 59.4 Å². The van der Waals surface area contributed by atoms with Crippen molar-refractivity contribution in [3.05, 3.63) is 70.6 Å². The molecule has 2 aromatic carbocycles. The van der Waals surface area contributed by atoms with Crippen LogP contribution in [-0.4, -0.2) is 34.8 Å². The zero-order valence-electron chi connectivity index (χ0n) is 14.8. The fourth-order valence-electron chi connectivity index (χ4n) is 2.60. The van der Waals surface area contributed by atoms with Gasteiger partial charge in [0.15, 0.2) is 12.3 Å². The van der Waals surface area contributed by atoms with Gasteiger partial charge >= 0.3 is 5.97 Å². The van der Waals surface area contributed by atoms with Crippen LogP contribution in [0.1, 0.15) is 23.8 Å². The van der Waals surface area contributed by atoms with Gasteiger partial charge in [0.25, 0.3) is 11.5 Å². The molecule has 1 N–H and O–H groups in total. The Morgan fingerprint density at radius 1 is 1.04 bits per heavy atom. The molecule has 0 aliphatic rings. The summed E-state index contributed by atoms with van der Waals surface area (Å²) in [7, 11) is 0. The number of amides is 1. The first-order valence-electron chi connectivity index (χ1n) is 8.63. The number of aromatic nitrogens is 2. The molecule has 0 unspecified atom stereocenters. The summed E-state index contributed by atoms with van der Waals surface area (Å²) in [6, 6.07) is 15.5. The molecule has 0 atom stereocenters. The van der Waals surface area contributed by atoms with Gasteiger partial charge in [0.05, 0.1) is 11.1 Å². The molecule has 27 heavy (non-hydrogen) atoms. The summed E-state index contributed by atoms with van der Waals surface area (Å²) in [6.45, 7) is 2.03. The minimum absolute atomic E-state index is 0.0163. The minimum Gasteiger partial charge on any atom is -0.451 e. The first kappa shape index (κ1) is 18.3. The van der Waals surface area contributed by atoms with Crippen LogP contribution in [0.3, 0.4) is 0 Å². The Morgan fingerprint density at radius 2 is 1.70 bits per heavy atom. The highest BCUT2D eigenvalue weighted by Gasteiger charge is 2.19. The van der Waals surface area contributed by atoms with Gasteiger partial charge in [-0.1, -0.05) is 43.3 Å². The second-order valence-corrected chi connectivity index (χ2v) is 5.87. The zero-order chi connectivity index (χ0) is 19.2. The summed E-state index contributed by atoms with van der Waals surface area (Å²) in [4.78, 5) is 37.0. The summed E-state index contributed by atoms with van der Waals surface area (Å²) in [5.74, 6) is -1.14. The van der Waals surface area contributed by atoms with Crippen LogP contribution in [0.2, 0.25) is 0 Å². The number of para-hydroxylation sites is 1. The highest BCUT2D eigenvalue weighted by Crippen LogP contribution is 2.16. The van der Waals surface area contributed by atoms with E-state index in [1.54, 1.807) is 48.5 Å². The Labute approximate surface area is 155 Å². The summed E-state index contributed by atoms with van der Waals surface area (Å²) in [5.41, 5.74) is 0.175. The summed E-state index contributed by atoms with van der Waals surface area (Å²) < 4.78 is 6.26. The first-order valence-corrected chi connectivity index (χ1v) is 8.63. The number of benzene rings is 2. The smallest absolute Gasteiger partial charge is 0.359 e. The number of fused-ring (bicyclic) bond motifs is 1. The van der Waals surface area contributed by atoms with E-state index in [2.05, 4.69) is 10.4 Å². The van der Waals surface area contributed by atoms with E-state index >= 15 is 0 Å². The molecule has 3 aromatic rings. The molecule has 1 amide bonds. The van der Waals surface area contributed by atoms with E-state index < -0.39 is 12.6 Å². The number of nitrogens with one attached hydrogen (secondary N) is 1. The van der Waals surface area contributed by atoms with Crippen LogP contribution in [0.5, 0.6) is 0 Å². The van der Waals surface area contributed by atoms with Crippen LogP contribution < -0.4 is 10.9 Å². The van der Waals surface area contributed by atoms with Gasteiger partial charge in [-0.2, -0.15) is 9.78 Å². The topological polar surface area (TPSA) is 90.3 Å². The Kier molecular flexibility index (Phi) is 5.61. The van der Waals surface area contributed by atoms with Crippen LogP contribution in [0.4, 0.5) is 0 Å². The van der Waals surface area contributed by atoms with Gasteiger partial charge in [-0.3, -0.25) is 9.59 Å². The third-order valence-electron chi connectivity index (χ3n) is 3.91. The van der Waals surface area contributed by atoms with E-state index in [0.717, 1.165) is 11.1 Å². The van der Waals surface area contributed by atoms with Crippen LogP contribution in [-0.2, 0) is 9.53 Å². The summed E-state index contributed by atoms with van der Waals surface area (Å²) >= 11 is 0. The van der Waals surface area contributed by atoms with Gasteiger partial charge in [0.2, 0.25) is 0 Å². The third-order valence-corrected chi connectivity index (χ3v) is 3.91. The molecule has 1 heterocycles. The lowest BCUT2D eigenvalue weighted by Gasteiger charge is -2.11. The van der Waals surface area contributed by atoms with Crippen LogP contribution >= 0.6 is 0 Å². The average molecular weight is 365 g/mol. The van der Waals surface area contributed by atoms with Gasteiger partial charge in [-0.25, -0.2) is 4.79 Å². The molecule has 7 nitrogen and oxygen atoms in total. The van der Waals surface area contributed by atoms with Crippen molar-refractivity contribution in [2.45, 2.75) is 13.3 Å². The van der Waals surface area contributed by atoms with Crippen LogP contribution in [0.25, 0.3) is 16.5 Å². The van der Waals surface area contributed by atoms with Gasteiger partial charge < -0.3 is 10.1 Å². The molecule has 0 saturated heterocycles. The highest BCUT2D eigenvalue weighted by atomic mass is 16.5. The lowest BCUT2D eigenvalue weighted by atomic mass is 10.1. The molecule has 0 bridgehead atoms. The lowest BCUT2D eigenvalue weighted by Crippen LogP contribution is -2.30. The van der Waals surface area contributed by atoms with Crippen LogP contribution in [0, 0.1) is 0 Å². The van der Waals surface area contributed by atoms with Crippen molar-refractivity contribution in [2.24, 2.45) is 0 Å². The number of esters is 1. The second kappa shape index (κ2) is 8.27. The maximum Gasteiger partial charge on any atom is 0.359 e. The second-order valence-electron chi connectivity index (χ2n) is 5.87. The Morgan fingerprint density at radius 3 is 2.41 bits per heavy atom. The lowest BCUT2D eigenvalue weighted by molar-refractivity contribution is -0.124. The highest BCUT2D eigenvalue weighted by molar-refractivity contribution is 6.02. The first-order chi connectivity index (χ1) is 13.1. The van der Waals surface area contributed by atoms with Crippen molar-refractivity contribution in [3.63, 3.8) is 0 Å². The Balaban J connectivity index is 1.99. The number of ether oxygens (including phenoxy) is 1. The van der Waals surface area contributed by atoms with E-state index in [-0.39, 0.29) is 17.2 Å². The molecule has 0 aliphatic carbocycles. The number of hydrogen-bond acceptors (Lipinski definition) is 5. The molecule has 0 aliphatic heterocycles. The number of rotatable bonds is 6. The number of carbonyl (C=O) groups is 2. The van der Waals surface area contributed by atoms with Crippen molar-refractivity contribution < 1.29 is 14.3 Å². The molecule has 0 spiro atoms. The Hall–Kier alpha value is -3.48. The maximum atomic E-state index is 12.8. The van der Waals surface area contributed by atoms with E-state index in [0.29, 0.717) is 23.0 Å². The molecule has 1 aromatic heterocycles. The number of hydrogen-bond donors (Lipinski definition) is 1. The van der Waals surface area contributed by atoms with E-state index in [1.807, 2.05) is 13.0 Å². The normalized spacial score (nSPS) is 10.6. The van der Waals surface area contributed by atoms with Crippen molar-refractivity contribution >= 4 is 22.6 Å². The maximum absolute atomic E-state index is 12.8. The fraction of sp³-hybridized carbons (Fsp3) is 0.200. The molecular formula is C20H19N3O4. The van der Waals surface area contributed by atoms with Crippen molar-refractivity contribution in [1.29, 1.82) is 0 Å². The van der Waals surface area contributed by atoms with Gasteiger partial charge in [-0.05, 0) is 24.6 Å². The van der Waals surface area contributed by atoms with E-state index in [1.165, 1.54) is 0 Å². The SMILES string of the molecule is CCCNC(=O)COC(=O)c1nn(-c2ccccc2)c(=O)c2ccccc12. The van der Waals surface area contributed by atoms with Gasteiger partial charge in [0, 0.05) is 11.9 Å². The molecule has 3 rings (SSSR count). The molecule has 0 radical (unpaired) electrons. The number of nitrogens with zero attached hydrogens (tertiary/aromatic N) is 2. The summed E-state index contributed by atoms with van der Waals surface area (Å²) in [6.07, 6.45) is 0.786. The number of carbonyl (C=O) groups excluding carboxylic acids is 2. The predicted octanol–water partition coefficient (Wildman–Crippen LogP) is 2.07. The third kappa shape index (κ3) is 4.03. The molecule has 7 heteroatoms. The zero-order valence-corrected chi connectivity index (χ0v) is 14.8. The van der Waals surface area contributed by atoms with Crippen molar-refractivity contribution in [3.8, 4) is 5.69 Å².